The van der Waals surface area contributed by atoms with Gasteiger partial charge in [-0.25, -0.2) is 4.79 Å². The molecule has 1 heterocycles. The van der Waals surface area contributed by atoms with Crippen LogP contribution in [0.3, 0.4) is 0 Å². The Kier molecular flexibility index (Phi) is 6.19. The number of anilines is 3. The molecule has 0 bridgehead atoms. The molecule has 1 N–H and O–H groups in total. The number of rotatable bonds is 5. The van der Waals surface area contributed by atoms with Gasteiger partial charge in [0.15, 0.2) is 6.61 Å². The molecule has 0 fully saturated rings. The Balaban J connectivity index is 1.82. The number of para-hydroxylation sites is 2. The average Bonchev–Trinajstić information content (AvgIpc) is 2.85. The van der Waals surface area contributed by atoms with Crippen LogP contribution < -0.4 is 15.1 Å². The molecule has 162 valence electrons. The van der Waals surface area contributed by atoms with E-state index in [1.54, 1.807) is 50.2 Å². The Bertz CT molecular complexity index is 1050. The van der Waals surface area contributed by atoms with E-state index in [4.69, 9.17) is 4.74 Å². The Morgan fingerprint density at radius 3 is 2.65 bits per heavy atom. The van der Waals surface area contributed by atoms with E-state index in [1.165, 1.54) is 17.0 Å². The van der Waals surface area contributed by atoms with Crippen molar-refractivity contribution < 1.29 is 24.0 Å². The van der Waals surface area contributed by atoms with Gasteiger partial charge in [-0.2, -0.15) is 0 Å². The Morgan fingerprint density at radius 1 is 1.26 bits per heavy atom. The first-order chi connectivity index (χ1) is 14.7. The molecule has 31 heavy (non-hydrogen) atoms. The number of amides is 2. The largest absolute Gasteiger partial charge is 0.452 e. The third-order valence-electron chi connectivity index (χ3n) is 4.85. The van der Waals surface area contributed by atoms with Crippen molar-refractivity contribution in [3.63, 3.8) is 0 Å². The lowest BCUT2D eigenvalue weighted by molar-refractivity contribution is -0.384. The minimum absolute atomic E-state index is 0.0202. The van der Waals surface area contributed by atoms with Crippen LogP contribution in [0.25, 0.3) is 0 Å². The van der Waals surface area contributed by atoms with Crippen molar-refractivity contribution in [2.75, 3.05) is 35.8 Å². The third kappa shape index (κ3) is 4.63. The fourth-order valence-corrected chi connectivity index (χ4v) is 3.43. The van der Waals surface area contributed by atoms with E-state index >= 15 is 0 Å². The van der Waals surface area contributed by atoms with Crippen molar-refractivity contribution >= 4 is 40.5 Å². The standard InChI is InChI=1S/C21H22N4O6/c1-13-10-19(26)22-16-6-4-5-7-18(16)24(13)20(27)12-31-21(28)15-11-14(25(29)30)8-9-17(15)23(2)3/h4-9,11,13H,10,12H2,1-3H3,(H,22,26). The predicted octanol–water partition coefficient (Wildman–Crippen LogP) is 2.58. The summed E-state index contributed by atoms with van der Waals surface area (Å²) in [6, 6.07) is 10.3. The summed E-state index contributed by atoms with van der Waals surface area (Å²) < 4.78 is 5.21. The molecule has 0 saturated carbocycles. The Hall–Kier alpha value is -3.95. The van der Waals surface area contributed by atoms with Crippen LogP contribution in [0.4, 0.5) is 22.7 Å². The van der Waals surface area contributed by atoms with Crippen LogP contribution in [0.15, 0.2) is 42.5 Å². The molecule has 0 spiro atoms. The fraction of sp³-hybridized carbons (Fsp3) is 0.286. The molecule has 0 aliphatic carbocycles. The van der Waals surface area contributed by atoms with Crippen molar-refractivity contribution in [2.24, 2.45) is 0 Å². The molecule has 1 atom stereocenters. The van der Waals surface area contributed by atoms with Crippen molar-refractivity contribution in [3.05, 3.63) is 58.1 Å². The maximum absolute atomic E-state index is 13.0. The summed E-state index contributed by atoms with van der Waals surface area (Å²) >= 11 is 0. The molecule has 2 aromatic carbocycles. The van der Waals surface area contributed by atoms with Crippen LogP contribution in [0.5, 0.6) is 0 Å². The maximum atomic E-state index is 13.0. The SMILES string of the molecule is CC1CC(=O)Nc2ccccc2N1C(=O)COC(=O)c1cc([N+](=O)[O-])ccc1N(C)C. The number of benzene rings is 2. The van der Waals surface area contributed by atoms with Gasteiger partial charge in [-0.3, -0.25) is 19.7 Å². The van der Waals surface area contributed by atoms with Crippen LogP contribution in [0.1, 0.15) is 23.7 Å². The number of nitrogens with one attached hydrogen (secondary N) is 1. The molecule has 0 saturated heterocycles. The second-order valence-electron chi connectivity index (χ2n) is 7.31. The summed E-state index contributed by atoms with van der Waals surface area (Å²) in [7, 11) is 3.37. The maximum Gasteiger partial charge on any atom is 0.341 e. The Morgan fingerprint density at radius 2 is 1.97 bits per heavy atom. The number of esters is 1. The lowest BCUT2D eigenvalue weighted by atomic mass is 10.1. The van der Waals surface area contributed by atoms with Crippen LogP contribution in [-0.4, -0.2) is 49.5 Å². The monoisotopic (exact) mass is 426 g/mol. The molecular weight excluding hydrogens is 404 g/mol. The van der Waals surface area contributed by atoms with Gasteiger partial charge >= 0.3 is 5.97 Å². The summed E-state index contributed by atoms with van der Waals surface area (Å²) in [6.07, 6.45) is 0.0873. The number of nitro groups is 1. The van der Waals surface area contributed by atoms with E-state index in [0.717, 1.165) is 6.07 Å². The molecule has 1 aliphatic heterocycles. The highest BCUT2D eigenvalue weighted by Gasteiger charge is 2.30. The fourth-order valence-electron chi connectivity index (χ4n) is 3.43. The molecule has 1 unspecified atom stereocenters. The summed E-state index contributed by atoms with van der Waals surface area (Å²) in [6.45, 7) is 1.15. The van der Waals surface area contributed by atoms with E-state index in [9.17, 15) is 24.5 Å². The van der Waals surface area contributed by atoms with Gasteiger partial charge in [-0.1, -0.05) is 12.1 Å². The lowest BCUT2D eigenvalue weighted by Crippen LogP contribution is -2.41. The van der Waals surface area contributed by atoms with Crippen LogP contribution in [0.2, 0.25) is 0 Å². The van der Waals surface area contributed by atoms with Gasteiger partial charge in [-0.05, 0) is 25.1 Å². The van der Waals surface area contributed by atoms with Gasteiger partial charge in [0, 0.05) is 38.7 Å². The van der Waals surface area contributed by atoms with Crippen LogP contribution in [-0.2, 0) is 14.3 Å². The normalized spacial score (nSPS) is 15.4. The minimum Gasteiger partial charge on any atom is -0.452 e. The summed E-state index contributed by atoms with van der Waals surface area (Å²) in [5.41, 5.74) is 1.14. The molecule has 10 nitrogen and oxygen atoms in total. The smallest absolute Gasteiger partial charge is 0.341 e. The number of nitrogens with zero attached hydrogens (tertiary/aromatic N) is 3. The number of non-ortho nitro benzene ring substituents is 1. The van der Waals surface area contributed by atoms with E-state index in [-0.39, 0.29) is 23.6 Å². The van der Waals surface area contributed by atoms with E-state index in [2.05, 4.69) is 5.32 Å². The van der Waals surface area contributed by atoms with Crippen molar-refractivity contribution in [3.8, 4) is 0 Å². The molecular formula is C21H22N4O6. The molecule has 0 aromatic heterocycles. The summed E-state index contributed by atoms with van der Waals surface area (Å²) in [4.78, 5) is 51.2. The molecule has 2 aromatic rings. The first kappa shape index (κ1) is 21.8. The molecule has 1 aliphatic rings. The molecule has 0 radical (unpaired) electrons. The van der Waals surface area contributed by atoms with Gasteiger partial charge in [0.2, 0.25) is 5.91 Å². The second kappa shape index (κ2) is 8.82. The second-order valence-corrected chi connectivity index (χ2v) is 7.31. The number of carbonyl (C=O) groups is 3. The van der Waals surface area contributed by atoms with Gasteiger partial charge in [-0.15, -0.1) is 0 Å². The number of carbonyl (C=O) groups excluding carboxylic acids is 3. The number of fused-ring (bicyclic) bond motifs is 1. The molecule has 3 rings (SSSR count). The van der Waals surface area contributed by atoms with Gasteiger partial charge in [0.25, 0.3) is 11.6 Å². The van der Waals surface area contributed by atoms with Crippen LogP contribution in [0, 0.1) is 10.1 Å². The van der Waals surface area contributed by atoms with E-state index < -0.39 is 29.4 Å². The van der Waals surface area contributed by atoms with Crippen molar-refractivity contribution in [2.45, 2.75) is 19.4 Å². The van der Waals surface area contributed by atoms with Crippen molar-refractivity contribution in [1.82, 2.24) is 0 Å². The first-order valence-electron chi connectivity index (χ1n) is 9.53. The van der Waals surface area contributed by atoms with E-state index in [1.807, 2.05) is 0 Å². The molecule has 2 amide bonds. The van der Waals surface area contributed by atoms with Gasteiger partial charge < -0.3 is 19.9 Å². The lowest BCUT2D eigenvalue weighted by Gasteiger charge is -2.27. The number of hydrogen-bond donors (Lipinski definition) is 1. The Labute approximate surface area is 178 Å². The zero-order chi connectivity index (χ0) is 22.7. The highest BCUT2D eigenvalue weighted by molar-refractivity contribution is 6.05. The molecule has 10 heteroatoms. The zero-order valence-electron chi connectivity index (χ0n) is 17.3. The van der Waals surface area contributed by atoms with Gasteiger partial charge in [0.1, 0.15) is 0 Å². The third-order valence-corrected chi connectivity index (χ3v) is 4.85. The van der Waals surface area contributed by atoms with Gasteiger partial charge in [0.05, 0.1) is 27.5 Å². The highest BCUT2D eigenvalue weighted by Crippen LogP contribution is 2.31. The average molecular weight is 426 g/mol. The summed E-state index contributed by atoms with van der Waals surface area (Å²) in [5.74, 6) is -1.59. The topological polar surface area (TPSA) is 122 Å². The zero-order valence-corrected chi connectivity index (χ0v) is 17.3. The first-order valence-corrected chi connectivity index (χ1v) is 9.53. The number of hydrogen-bond acceptors (Lipinski definition) is 7. The summed E-state index contributed by atoms with van der Waals surface area (Å²) in [5, 5.41) is 13.8. The van der Waals surface area contributed by atoms with Crippen molar-refractivity contribution in [1.29, 1.82) is 0 Å². The predicted molar refractivity (Wildman–Crippen MR) is 114 cm³/mol. The number of ether oxygens (including phenoxy) is 1. The van der Waals surface area contributed by atoms with E-state index in [0.29, 0.717) is 17.1 Å². The highest BCUT2D eigenvalue weighted by atomic mass is 16.6. The quantitative estimate of drug-likeness (QED) is 0.443. The minimum atomic E-state index is -0.856. The number of nitro benzene ring substituents is 1. The van der Waals surface area contributed by atoms with Crippen LogP contribution >= 0.6 is 0 Å².